The van der Waals surface area contributed by atoms with Gasteiger partial charge < -0.3 is 19.8 Å². The maximum Gasteiger partial charge on any atom is 0.303 e. The van der Waals surface area contributed by atoms with E-state index < -0.39 is 17.2 Å². The topological polar surface area (TPSA) is 94.0 Å². The summed E-state index contributed by atoms with van der Waals surface area (Å²) >= 11 is 0. The summed E-state index contributed by atoms with van der Waals surface area (Å²) < 4.78 is 14.5. The van der Waals surface area contributed by atoms with Crippen LogP contribution in [0.3, 0.4) is 0 Å². The van der Waals surface area contributed by atoms with Crippen molar-refractivity contribution in [1.29, 1.82) is 0 Å². The van der Waals surface area contributed by atoms with E-state index in [-0.39, 0.29) is 31.2 Å². The molecule has 0 aliphatic carbocycles. The molecule has 1 aromatic heterocycles. The first kappa shape index (κ1) is 30.2. The molecule has 0 saturated carbocycles. The minimum absolute atomic E-state index is 0.0536. The second-order valence-corrected chi connectivity index (χ2v) is 11.6. The van der Waals surface area contributed by atoms with Gasteiger partial charge >= 0.3 is 5.97 Å². The molecule has 2 aromatic rings. The van der Waals surface area contributed by atoms with E-state index in [1.165, 1.54) is 18.3 Å². The van der Waals surface area contributed by atoms with Gasteiger partial charge in [0.1, 0.15) is 5.82 Å². The van der Waals surface area contributed by atoms with Gasteiger partial charge in [-0.25, -0.2) is 4.39 Å². The molecule has 0 atom stereocenters. The third kappa shape index (κ3) is 9.13. The lowest BCUT2D eigenvalue weighted by Crippen LogP contribution is -2.40. The van der Waals surface area contributed by atoms with E-state index in [1.807, 2.05) is 0 Å². The van der Waals surface area contributed by atoms with Crippen molar-refractivity contribution in [2.24, 2.45) is 11.3 Å². The Bertz CT molecular complexity index is 1140. The molecule has 3 rings (SSSR count). The Morgan fingerprint density at radius 1 is 1.05 bits per heavy atom. The van der Waals surface area contributed by atoms with Crippen molar-refractivity contribution in [1.82, 2.24) is 14.8 Å². The number of nitrogens with zero attached hydrogens (tertiary/aromatic N) is 4. The summed E-state index contributed by atoms with van der Waals surface area (Å²) in [6.45, 7) is 11.3. The number of aromatic nitrogens is 1. The van der Waals surface area contributed by atoms with Crippen LogP contribution in [-0.2, 0) is 16.1 Å². The van der Waals surface area contributed by atoms with Crippen LogP contribution in [0.5, 0.6) is 0 Å². The van der Waals surface area contributed by atoms with Gasteiger partial charge in [0.25, 0.3) is 5.91 Å². The minimum Gasteiger partial charge on any atom is -0.481 e. The van der Waals surface area contributed by atoms with Crippen molar-refractivity contribution < 1.29 is 23.9 Å². The largest absolute Gasteiger partial charge is 0.481 e. The fraction of sp³-hybridized carbons (Fsp3) is 0.533. The molecule has 0 radical (unpaired) electrons. The molecule has 212 valence electrons. The molecule has 1 aliphatic rings. The second-order valence-electron chi connectivity index (χ2n) is 11.6. The number of amides is 2. The zero-order valence-corrected chi connectivity index (χ0v) is 23.5. The summed E-state index contributed by atoms with van der Waals surface area (Å²) in [4.78, 5) is 48.4. The molecule has 39 heavy (non-hydrogen) atoms. The number of carboxylic acid groups (broad SMARTS) is 1. The highest BCUT2D eigenvalue weighted by Crippen LogP contribution is 2.29. The SMILES string of the molecule is CC(C)CN1CCCN(C(=O)CC(C)(C)CC(=O)O)Cc2cc(F)ccc2N(C(=O)c2cccnc2)CCC1. The lowest BCUT2D eigenvalue weighted by Gasteiger charge is -2.33. The average Bonchev–Trinajstić information content (AvgIpc) is 2.84. The predicted octanol–water partition coefficient (Wildman–Crippen LogP) is 4.84. The molecule has 8 nitrogen and oxygen atoms in total. The van der Waals surface area contributed by atoms with Gasteiger partial charge in [0, 0.05) is 50.7 Å². The lowest BCUT2D eigenvalue weighted by atomic mass is 9.85. The number of carboxylic acids is 1. The fourth-order valence-electron chi connectivity index (χ4n) is 5.16. The van der Waals surface area contributed by atoms with Crippen LogP contribution in [0.15, 0.2) is 42.7 Å². The second kappa shape index (κ2) is 13.6. The number of carbonyl (C=O) groups excluding carboxylic acids is 2. The maximum atomic E-state index is 14.5. The van der Waals surface area contributed by atoms with Gasteiger partial charge in [0.2, 0.25) is 5.91 Å². The Balaban J connectivity index is 2.00. The maximum absolute atomic E-state index is 14.5. The number of carbonyl (C=O) groups is 3. The van der Waals surface area contributed by atoms with Crippen molar-refractivity contribution in [2.45, 2.75) is 59.9 Å². The molecule has 1 N–H and O–H groups in total. The van der Waals surface area contributed by atoms with Crippen LogP contribution in [0.1, 0.15) is 69.3 Å². The number of hydrogen-bond acceptors (Lipinski definition) is 5. The molecule has 1 aromatic carbocycles. The van der Waals surface area contributed by atoms with E-state index in [0.717, 1.165) is 32.5 Å². The highest BCUT2D eigenvalue weighted by atomic mass is 19.1. The molecule has 0 bridgehead atoms. The molecule has 2 amide bonds. The zero-order chi connectivity index (χ0) is 28.6. The first-order chi connectivity index (χ1) is 18.4. The molecule has 0 saturated heterocycles. The molecule has 0 unspecified atom stereocenters. The highest BCUT2D eigenvalue weighted by Gasteiger charge is 2.29. The zero-order valence-electron chi connectivity index (χ0n) is 23.5. The van der Waals surface area contributed by atoms with E-state index in [1.54, 1.807) is 48.0 Å². The van der Waals surface area contributed by atoms with Crippen LogP contribution in [0.25, 0.3) is 0 Å². The van der Waals surface area contributed by atoms with Crippen molar-refractivity contribution in [3.05, 3.63) is 59.7 Å². The Labute approximate surface area is 230 Å². The monoisotopic (exact) mass is 540 g/mol. The fourth-order valence-corrected chi connectivity index (χ4v) is 5.16. The lowest BCUT2D eigenvalue weighted by molar-refractivity contribution is -0.140. The molecule has 2 heterocycles. The van der Waals surface area contributed by atoms with Gasteiger partial charge in [0.15, 0.2) is 0 Å². The molecule has 9 heteroatoms. The standard InChI is InChI=1S/C30H41FN4O4/c1-22(2)20-33-12-6-14-34(27(36)17-30(3,4)18-28(37)38)21-24-16-25(31)9-10-26(24)35(15-7-13-33)29(39)23-8-5-11-32-19-23/h5,8-11,16,19,22H,6-7,12-15,17-18,20-21H2,1-4H3,(H,37,38). The molecular weight excluding hydrogens is 499 g/mol. The Kier molecular flexibility index (Phi) is 10.6. The molecule has 1 aliphatic heterocycles. The van der Waals surface area contributed by atoms with Gasteiger partial charge in [-0.05, 0) is 73.2 Å². The van der Waals surface area contributed by atoms with Gasteiger partial charge in [-0.1, -0.05) is 27.7 Å². The number of benzene rings is 1. The summed E-state index contributed by atoms with van der Waals surface area (Å²) in [6, 6.07) is 7.74. The van der Waals surface area contributed by atoms with Crippen LogP contribution >= 0.6 is 0 Å². The van der Waals surface area contributed by atoms with E-state index in [9.17, 15) is 23.9 Å². The first-order valence-corrected chi connectivity index (χ1v) is 13.7. The van der Waals surface area contributed by atoms with Crippen molar-refractivity contribution >= 4 is 23.5 Å². The average molecular weight is 541 g/mol. The number of halogens is 1. The number of anilines is 1. The number of fused-ring (bicyclic) bond motifs is 1. The van der Waals surface area contributed by atoms with Gasteiger partial charge in [-0.15, -0.1) is 0 Å². The number of rotatable bonds is 7. The predicted molar refractivity (Wildman–Crippen MR) is 149 cm³/mol. The quantitative estimate of drug-likeness (QED) is 0.540. The Morgan fingerprint density at radius 3 is 2.41 bits per heavy atom. The Morgan fingerprint density at radius 2 is 1.77 bits per heavy atom. The van der Waals surface area contributed by atoms with Crippen LogP contribution in [0.2, 0.25) is 0 Å². The van der Waals surface area contributed by atoms with E-state index in [0.29, 0.717) is 35.8 Å². The van der Waals surface area contributed by atoms with Gasteiger partial charge in [-0.2, -0.15) is 0 Å². The number of aliphatic carboxylic acids is 1. The summed E-state index contributed by atoms with van der Waals surface area (Å²) in [7, 11) is 0. The number of pyridine rings is 1. The van der Waals surface area contributed by atoms with Gasteiger partial charge in [-0.3, -0.25) is 19.4 Å². The molecule has 0 spiro atoms. The van der Waals surface area contributed by atoms with Crippen molar-refractivity contribution in [3.63, 3.8) is 0 Å². The van der Waals surface area contributed by atoms with E-state index >= 15 is 0 Å². The van der Waals surface area contributed by atoms with Crippen LogP contribution in [0.4, 0.5) is 10.1 Å². The summed E-state index contributed by atoms with van der Waals surface area (Å²) in [5, 5.41) is 9.30. The van der Waals surface area contributed by atoms with Crippen LogP contribution < -0.4 is 4.90 Å². The molecular formula is C30H41FN4O4. The summed E-state index contributed by atoms with van der Waals surface area (Å²) in [5.41, 5.74) is 0.797. The van der Waals surface area contributed by atoms with Crippen molar-refractivity contribution in [2.75, 3.05) is 37.6 Å². The van der Waals surface area contributed by atoms with Crippen molar-refractivity contribution in [3.8, 4) is 0 Å². The van der Waals surface area contributed by atoms with E-state index in [4.69, 9.17) is 0 Å². The van der Waals surface area contributed by atoms with E-state index in [2.05, 4.69) is 23.7 Å². The minimum atomic E-state index is -0.956. The molecule has 0 fully saturated rings. The number of hydrogen-bond donors (Lipinski definition) is 1. The smallest absolute Gasteiger partial charge is 0.303 e. The van der Waals surface area contributed by atoms with Crippen LogP contribution in [0, 0.1) is 17.2 Å². The summed E-state index contributed by atoms with van der Waals surface area (Å²) in [6.07, 6.45) is 4.52. The first-order valence-electron chi connectivity index (χ1n) is 13.7. The third-order valence-corrected chi connectivity index (χ3v) is 6.84. The third-order valence-electron chi connectivity index (χ3n) is 6.84. The summed E-state index contributed by atoms with van der Waals surface area (Å²) in [5.74, 6) is -1.36. The van der Waals surface area contributed by atoms with Crippen LogP contribution in [-0.4, -0.2) is 70.4 Å². The normalized spacial score (nSPS) is 15.8. The Hall–Kier alpha value is -3.33. The highest BCUT2D eigenvalue weighted by molar-refractivity contribution is 6.06. The van der Waals surface area contributed by atoms with Gasteiger partial charge in [0.05, 0.1) is 12.0 Å².